The number of carbonyl (C=O) groups excluding carboxylic acids is 1. The van der Waals surface area contributed by atoms with Crippen LogP contribution in [0.5, 0.6) is 5.75 Å². The van der Waals surface area contributed by atoms with E-state index in [-0.39, 0.29) is 5.91 Å². The second-order valence-corrected chi connectivity index (χ2v) is 10.1. The number of amides is 1. The highest BCUT2D eigenvalue weighted by Crippen LogP contribution is 2.33. The predicted molar refractivity (Wildman–Crippen MR) is 131 cm³/mol. The Balaban J connectivity index is 0.00000166. The Labute approximate surface area is 194 Å². The van der Waals surface area contributed by atoms with Gasteiger partial charge in [-0.05, 0) is 54.6 Å². The van der Waals surface area contributed by atoms with Gasteiger partial charge in [-0.3, -0.25) is 9.00 Å². The van der Waals surface area contributed by atoms with Gasteiger partial charge in [0.15, 0.2) is 0 Å². The van der Waals surface area contributed by atoms with Crippen molar-refractivity contribution in [2.24, 2.45) is 5.73 Å². The van der Waals surface area contributed by atoms with E-state index in [1.807, 2.05) is 44.2 Å². The molecule has 1 heterocycles. The Hall–Kier alpha value is -2.13. The summed E-state index contributed by atoms with van der Waals surface area (Å²) in [5, 5.41) is 2.85. The molecule has 0 saturated heterocycles. The van der Waals surface area contributed by atoms with E-state index >= 15 is 0 Å². The van der Waals surface area contributed by atoms with Gasteiger partial charge in [0, 0.05) is 39.1 Å². The molecule has 1 aromatic heterocycles. The molecule has 0 fully saturated rings. The van der Waals surface area contributed by atoms with Crippen molar-refractivity contribution in [3.05, 3.63) is 71.1 Å². The van der Waals surface area contributed by atoms with Crippen LogP contribution >= 0.6 is 23.1 Å². The summed E-state index contributed by atoms with van der Waals surface area (Å²) in [6.07, 6.45) is 0. The van der Waals surface area contributed by atoms with E-state index < -0.39 is 10.8 Å². The average molecular weight is 477 g/mol. The van der Waals surface area contributed by atoms with Gasteiger partial charge in [0.2, 0.25) is 0 Å². The third-order valence-electron chi connectivity index (χ3n) is 4.05. The monoisotopic (exact) mass is 476 g/mol. The zero-order valence-corrected chi connectivity index (χ0v) is 20.4. The van der Waals surface area contributed by atoms with Gasteiger partial charge in [0.25, 0.3) is 5.91 Å². The Morgan fingerprint density at radius 1 is 1.13 bits per heavy atom. The second-order valence-electron chi connectivity index (χ2n) is 6.04. The molecule has 8 heteroatoms. The van der Waals surface area contributed by atoms with Gasteiger partial charge in [0.05, 0.1) is 22.1 Å². The highest BCUT2D eigenvalue weighted by molar-refractivity contribution is 8.01. The van der Waals surface area contributed by atoms with E-state index in [4.69, 9.17) is 10.5 Å². The summed E-state index contributed by atoms with van der Waals surface area (Å²) in [4.78, 5) is 15.3. The molecule has 3 N–H and O–H groups in total. The quantitative estimate of drug-likeness (QED) is 0.458. The molecule has 1 unspecified atom stereocenters. The smallest absolute Gasteiger partial charge is 0.251 e. The summed E-state index contributed by atoms with van der Waals surface area (Å²) in [6.45, 7) is 4.87. The largest absolute Gasteiger partial charge is 0.497 e. The van der Waals surface area contributed by atoms with Gasteiger partial charge >= 0.3 is 0 Å². The number of thiophene rings is 1. The van der Waals surface area contributed by atoms with Crippen molar-refractivity contribution in [2.45, 2.75) is 34.4 Å². The number of hydrogen-bond acceptors (Lipinski definition) is 6. The van der Waals surface area contributed by atoms with Gasteiger partial charge in [-0.2, -0.15) is 0 Å². The first-order chi connectivity index (χ1) is 15.1. The van der Waals surface area contributed by atoms with Crippen molar-refractivity contribution in [1.29, 1.82) is 0 Å². The normalized spacial score (nSPS) is 11.2. The summed E-state index contributed by atoms with van der Waals surface area (Å²) in [5.41, 5.74) is 6.24. The van der Waals surface area contributed by atoms with Crippen molar-refractivity contribution in [1.82, 2.24) is 5.32 Å². The topological polar surface area (TPSA) is 81.4 Å². The maximum absolute atomic E-state index is 12.5. The molecule has 0 aliphatic carbocycles. The lowest BCUT2D eigenvalue weighted by molar-refractivity contribution is 0.0956. The lowest BCUT2D eigenvalue weighted by Gasteiger charge is -2.07. The van der Waals surface area contributed by atoms with Crippen LogP contribution in [0.2, 0.25) is 0 Å². The molecule has 0 bridgehead atoms. The first-order valence-electron chi connectivity index (χ1n) is 9.96. The Kier molecular flexibility index (Phi) is 10.8. The maximum atomic E-state index is 12.5. The lowest BCUT2D eigenvalue weighted by Crippen LogP contribution is -2.27. The van der Waals surface area contributed by atoms with E-state index in [2.05, 4.69) is 5.32 Å². The Morgan fingerprint density at radius 3 is 2.52 bits per heavy atom. The molecule has 3 aromatic rings. The highest BCUT2D eigenvalue weighted by Gasteiger charge is 2.09. The minimum atomic E-state index is -1.18. The van der Waals surface area contributed by atoms with Crippen LogP contribution in [-0.2, 0) is 17.3 Å². The Morgan fingerprint density at radius 2 is 1.87 bits per heavy atom. The van der Waals surface area contributed by atoms with Crippen molar-refractivity contribution >= 4 is 39.8 Å². The number of carbonyl (C=O) groups is 1. The van der Waals surface area contributed by atoms with Crippen molar-refractivity contribution in [3.8, 4) is 5.75 Å². The number of nitrogens with one attached hydrogen (secondary N) is 1. The minimum Gasteiger partial charge on any atom is -0.497 e. The van der Waals surface area contributed by atoms with Crippen molar-refractivity contribution < 1.29 is 13.7 Å². The van der Waals surface area contributed by atoms with Gasteiger partial charge in [-0.1, -0.05) is 31.7 Å². The summed E-state index contributed by atoms with van der Waals surface area (Å²) >= 11 is 3.26. The highest BCUT2D eigenvalue weighted by atomic mass is 32.2. The fourth-order valence-electron chi connectivity index (χ4n) is 2.54. The van der Waals surface area contributed by atoms with Gasteiger partial charge < -0.3 is 15.8 Å². The SMILES string of the molecule is CC.COc1ccc(S(=O)CCNC(=O)c2cccc(Sc3ccc(CN)s3)c2)cc1. The molecular formula is C23H28N2O3S3. The van der Waals surface area contributed by atoms with E-state index in [0.29, 0.717) is 29.3 Å². The summed E-state index contributed by atoms with van der Waals surface area (Å²) in [5.74, 6) is 0.899. The number of methoxy groups -OCH3 is 1. The van der Waals surface area contributed by atoms with Crippen LogP contribution in [0.3, 0.4) is 0 Å². The predicted octanol–water partition coefficient (Wildman–Crippen LogP) is 4.93. The summed E-state index contributed by atoms with van der Waals surface area (Å²) in [7, 11) is 0.411. The van der Waals surface area contributed by atoms with E-state index in [1.165, 1.54) is 0 Å². The maximum Gasteiger partial charge on any atom is 0.251 e. The molecule has 0 radical (unpaired) electrons. The molecule has 0 aliphatic rings. The first-order valence-corrected chi connectivity index (χ1v) is 12.9. The van der Waals surface area contributed by atoms with Crippen LogP contribution in [0.25, 0.3) is 0 Å². The molecular weight excluding hydrogens is 448 g/mol. The van der Waals surface area contributed by atoms with Crippen LogP contribution < -0.4 is 15.8 Å². The van der Waals surface area contributed by atoms with Gasteiger partial charge in [0.1, 0.15) is 5.75 Å². The number of nitrogens with two attached hydrogens (primary N) is 1. The summed E-state index contributed by atoms with van der Waals surface area (Å²) < 4.78 is 18.6. The molecule has 31 heavy (non-hydrogen) atoms. The van der Waals surface area contributed by atoms with Crippen LogP contribution in [0.1, 0.15) is 29.1 Å². The molecule has 3 rings (SSSR count). The average Bonchev–Trinajstić information content (AvgIpc) is 3.28. The molecule has 166 valence electrons. The zero-order valence-electron chi connectivity index (χ0n) is 17.9. The number of rotatable bonds is 9. The van der Waals surface area contributed by atoms with E-state index in [9.17, 15) is 9.00 Å². The lowest BCUT2D eigenvalue weighted by atomic mass is 10.2. The van der Waals surface area contributed by atoms with E-state index in [0.717, 1.165) is 19.7 Å². The number of ether oxygens (including phenoxy) is 1. The van der Waals surface area contributed by atoms with E-state index in [1.54, 1.807) is 60.5 Å². The second kappa shape index (κ2) is 13.3. The zero-order chi connectivity index (χ0) is 22.6. The van der Waals surface area contributed by atoms with Crippen LogP contribution in [-0.4, -0.2) is 29.5 Å². The number of benzene rings is 2. The van der Waals surface area contributed by atoms with Crippen molar-refractivity contribution in [3.63, 3.8) is 0 Å². The van der Waals surface area contributed by atoms with Crippen LogP contribution in [0.4, 0.5) is 0 Å². The molecule has 0 aliphatic heterocycles. The third kappa shape index (κ3) is 7.81. The fourth-order valence-corrected chi connectivity index (χ4v) is 5.60. The number of hydrogen-bond donors (Lipinski definition) is 2. The Bertz CT molecular complexity index is 988. The van der Waals surface area contributed by atoms with Crippen LogP contribution in [0.15, 0.2) is 74.7 Å². The standard InChI is InChI=1S/C21H22N2O3S3.C2H6/c1-26-16-5-8-19(9-6-16)29(25)12-11-23-21(24)15-3-2-4-17(13-15)27-20-10-7-18(14-22)28-20;1-2/h2-10,13H,11-12,14,22H2,1H3,(H,23,24);1-2H3. The molecule has 2 aromatic carbocycles. The van der Waals surface area contributed by atoms with Crippen LogP contribution in [0, 0.1) is 0 Å². The molecule has 1 amide bonds. The fraction of sp³-hybridized carbons (Fsp3) is 0.261. The molecule has 5 nitrogen and oxygen atoms in total. The first kappa shape index (κ1) is 25.1. The van der Waals surface area contributed by atoms with Gasteiger partial charge in [-0.25, -0.2) is 0 Å². The molecule has 1 atom stereocenters. The van der Waals surface area contributed by atoms with Crippen molar-refractivity contribution in [2.75, 3.05) is 19.4 Å². The minimum absolute atomic E-state index is 0.173. The molecule has 0 saturated carbocycles. The third-order valence-corrected chi connectivity index (χ3v) is 7.65. The summed E-state index contributed by atoms with van der Waals surface area (Å²) in [6, 6.07) is 18.6. The molecule has 0 spiro atoms. The van der Waals surface area contributed by atoms with Gasteiger partial charge in [-0.15, -0.1) is 11.3 Å².